The van der Waals surface area contributed by atoms with Crippen LogP contribution in [0.5, 0.6) is 0 Å². The predicted molar refractivity (Wildman–Crippen MR) is 105 cm³/mol. The van der Waals surface area contributed by atoms with Gasteiger partial charge in [-0.25, -0.2) is 9.59 Å². The fourth-order valence-electron chi connectivity index (χ4n) is 3.65. The molecule has 27 heavy (non-hydrogen) atoms. The molecule has 0 atom stereocenters. The van der Waals surface area contributed by atoms with Gasteiger partial charge >= 0.3 is 12.1 Å². The summed E-state index contributed by atoms with van der Waals surface area (Å²) in [6.07, 6.45) is 6.38. The van der Waals surface area contributed by atoms with Crippen LogP contribution in [0.1, 0.15) is 37.3 Å². The first-order chi connectivity index (χ1) is 13.1. The molecule has 6 heteroatoms. The summed E-state index contributed by atoms with van der Waals surface area (Å²) in [4.78, 5) is 27.7. The van der Waals surface area contributed by atoms with Gasteiger partial charge in [-0.05, 0) is 49.1 Å². The number of rotatable bonds is 4. The number of anilines is 1. The van der Waals surface area contributed by atoms with E-state index in [1.807, 2.05) is 12.1 Å². The number of amides is 1. The Morgan fingerprint density at radius 1 is 1.22 bits per heavy atom. The highest BCUT2D eigenvalue weighted by atomic mass is 16.6. The predicted octanol–water partition coefficient (Wildman–Crippen LogP) is 3.25. The first kappa shape index (κ1) is 19.3. The summed E-state index contributed by atoms with van der Waals surface area (Å²) >= 11 is 0. The number of hydrogen-bond donors (Lipinski definition) is 0. The van der Waals surface area contributed by atoms with Crippen molar-refractivity contribution in [2.45, 2.75) is 38.7 Å². The molecule has 6 nitrogen and oxygen atoms in total. The zero-order valence-electron chi connectivity index (χ0n) is 16.1. The number of hydrogen-bond acceptors (Lipinski definition) is 5. The SMILES string of the molecule is CCOC(=O)N1CCC(OC(=O)/C=C/c2ccc3c(c2)CCCN3C)CC1. The smallest absolute Gasteiger partial charge is 0.409 e. The molecule has 0 aliphatic carbocycles. The van der Waals surface area contributed by atoms with Crippen molar-refractivity contribution in [2.75, 3.05) is 38.2 Å². The van der Waals surface area contributed by atoms with Gasteiger partial charge in [0.05, 0.1) is 6.61 Å². The fraction of sp³-hybridized carbons (Fsp3) is 0.524. The van der Waals surface area contributed by atoms with Crippen LogP contribution < -0.4 is 4.90 Å². The number of piperidine rings is 1. The van der Waals surface area contributed by atoms with E-state index in [9.17, 15) is 9.59 Å². The third kappa shape index (κ3) is 5.02. The van der Waals surface area contributed by atoms with Crippen LogP contribution in [0.25, 0.3) is 6.08 Å². The molecular formula is C21H28N2O4. The molecule has 0 N–H and O–H groups in total. The normalized spacial score (nSPS) is 17.7. The minimum Gasteiger partial charge on any atom is -0.459 e. The number of esters is 1. The minimum atomic E-state index is -0.334. The van der Waals surface area contributed by atoms with E-state index in [1.54, 1.807) is 11.8 Å². The first-order valence-electron chi connectivity index (χ1n) is 9.71. The second-order valence-electron chi connectivity index (χ2n) is 7.07. The third-order valence-corrected chi connectivity index (χ3v) is 5.12. The Morgan fingerprint density at radius 2 is 2.00 bits per heavy atom. The van der Waals surface area contributed by atoms with Crippen LogP contribution >= 0.6 is 0 Å². The van der Waals surface area contributed by atoms with Gasteiger partial charge in [-0.2, -0.15) is 0 Å². The second kappa shape index (κ2) is 8.93. The molecule has 1 saturated heterocycles. The minimum absolute atomic E-state index is 0.148. The van der Waals surface area contributed by atoms with Crippen LogP contribution in [0.15, 0.2) is 24.3 Å². The van der Waals surface area contributed by atoms with Gasteiger partial charge in [0.2, 0.25) is 0 Å². The largest absolute Gasteiger partial charge is 0.459 e. The molecule has 0 saturated carbocycles. The fourth-order valence-corrected chi connectivity index (χ4v) is 3.65. The highest BCUT2D eigenvalue weighted by Crippen LogP contribution is 2.27. The molecule has 0 spiro atoms. The molecule has 2 aliphatic rings. The topological polar surface area (TPSA) is 59.1 Å². The Balaban J connectivity index is 1.49. The van der Waals surface area contributed by atoms with Gasteiger partial charge in [0.15, 0.2) is 0 Å². The Kier molecular flexibility index (Phi) is 6.37. The van der Waals surface area contributed by atoms with Crippen LogP contribution in [0, 0.1) is 0 Å². The van der Waals surface area contributed by atoms with Crippen molar-refractivity contribution in [2.24, 2.45) is 0 Å². The lowest BCUT2D eigenvalue weighted by atomic mass is 9.99. The Morgan fingerprint density at radius 3 is 2.74 bits per heavy atom. The maximum absolute atomic E-state index is 12.1. The molecule has 0 unspecified atom stereocenters. The second-order valence-corrected chi connectivity index (χ2v) is 7.07. The number of benzene rings is 1. The van der Waals surface area contributed by atoms with E-state index in [2.05, 4.69) is 24.1 Å². The lowest BCUT2D eigenvalue weighted by Crippen LogP contribution is -2.41. The van der Waals surface area contributed by atoms with Gasteiger partial charge < -0.3 is 19.3 Å². The van der Waals surface area contributed by atoms with Crippen LogP contribution in [0.4, 0.5) is 10.5 Å². The van der Waals surface area contributed by atoms with Gasteiger partial charge in [0.25, 0.3) is 0 Å². The van der Waals surface area contributed by atoms with Crippen LogP contribution in [0.2, 0.25) is 0 Å². The number of fused-ring (bicyclic) bond motifs is 1. The van der Waals surface area contributed by atoms with Gasteiger partial charge in [-0.15, -0.1) is 0 Å². The molecular weight excluding hydrogens is 344 g/mol. The summed E-state index contributed by atoms with van der Waals surface area (Å²) in [7, 11) is 2.11. The monoisotopic (exact) mass is 372 g/mol. The van der Waals surface area contributed by atoms with Crippen molar-refractivity contribution in [1.82, 2.24) is 4.90 Å². The summed E-state index contributed by atoms with van der Waals surface area (Å²) in [6, 6.07) is 6.29. The molecule has 3 rings (SSSR count). The summed E-state index contributed by atoms with van der Waals surface area (Å²) in [5, 5.41) is 0. The first-order valence-corrected chi connectivity index (χ1v) is 9.71. The van der Waals surface area contributed by atoms with Crippen LogP contribution in [-0.4, -0.2) is 56.4 Å². The van der Waals surface area contributed by atoms with Crippen molar-refractivity contribution in [3.8, 4) is 0 Å². The van der Waals surface area contributed by atoms with Gasteiger partial charge in [0.1, 0.15) is 6.10 Å². The van der Waals surface area contributed by atoms with E-state index in [0.717, 1.165) is 24.9 Å². The molecule has 2 aliphatic heterocycles. The quantitative estimate of drug-likeness (QED) is 0.600. The van der Waals surface area contributed by atoms with Crippen molar-refractivity contribution in [1.29, 1.82) is 0 Å². The lowest BCUT2D eigenvalue weighted by molar-refractivity contribution is -0.144. The summed E-state index contributed by atoms with van der Waals surface area (Å²) < 4.78 is 10.5. The van der Waals surface area contributed by atoms with E-state index in [1.165, 1.54) is 17.3 Å². The zero-order valence-corrected chi connectivity index (χ0v) is 16.1. The van der Waals surface area contributed by atoms with E-state index < -0.39 is 0 Å². The molecule has 0 bridgehead atoms. The maximum atomic E-state index is 12.1. The Hall–Kier alpha value is -2.50. The Bertz CT molecular complexity index is 708. The summed E-state index contributed by atoms with van der Waals surface area (Å²) in [5.74, 6) is -0.334. The summed E-state index contributed by atoms with van der Waals surface area (Å²) in [6.45, 7) is 4.36. The number of aryl methyl sites for hydroxylation is 1. The average molecular weight is 372 g/mol. The van der Waals surface area contributed by atoms with E-state index in [4.69, 9.17) is 9.47 Å². The highest BCUT2D eigenvalue weighted by molar-refractivity contribution is 5.87. The van der Waals surface area contributed by atoms with E-state index >= 15 is 0 Å². The molecule has 0 aromatic heterocycles. The van der Waals surface area contributed by atoms with Crippen molar-refractivity contribution in [3.63, 3.8) is 0 Å². The average Bonchev–Trinajstić information content (AvgIpc) is 2.67. The van der Waals surface area contributed by atoms with Crippen LogP contribution in [-0.2, 0) is 20.7 Å². The number of likely N-dealkylation sites (tertiary alicyclic amines) is 1. The molecule has 1 fully saturated rings. The van der Waals surface area contributed by atoms with E-state index in [0.29, 0.717) is 32.5 Å². The third-order valence-electron chi connectivity index (χ3n) is 5.12. The molecule has 2 heterocycles. The zero-order chi connectivity index (χ0) is 19.2. The Labute approximate surface area is 160 Å². The van der Waals surface area contributed by atoms with Crippen molar-refractivity contribution in [3.05, 3.63) is 35.4 Å². The number of ether oxygens (including phenoxy) is 2. The maximum Gasteiger partial charge on any atom is 0.409 e. The van der Waals surface area contributed by atoms with Crippen molar-refractivity contribution < 1.29 is 19.1 Å². The molecule has 1 aromatic rings. The van der Waals surface area contributed by atoms with E-state index in [-0.39, 0.29) is 18.2 Å². The summed E-state index contributed by atoms with van der Waals surface area (Å²) in [5.41, 5.74) is 3.61. The van der Waals surface area contributed by atoms with Gasteiger partial charge in [-0.3, -0.25) is 0 Å². The van der Waals surface area contributed by atoms with Crippen molar-refractivity contribution >= 4 is 23.8 Å². The number of carbonyl (C=O) groups is 2. The van der Waals surface area contributed by atoms with Crippen LogP contribution in [0.3, 0.4) is 0 Å². The van der Waals surface area contributed by atoms with Gasteiger partial charge in [-0.1, -0.05) is 6.07 Å². The molecule has 0 radical (unpaired) electrons. The van der Waals surface area contributed by atoms with Gasteiger partial charge in [0, 0.05) is 51.3 Å². The highest BCUT2D eigenvalue weighted by Gasteiger charge is 2.25. The standard InChI is InChI=1S/C21H28N2O4/c1-3-26-21(25)23-13-10-18(11-14-23)27-20(24)9-7-16-6-8-19-17(15-16)5-4-12-22(19)2/h6-9,15,18H,3-5,10-14H2,1-2H3/b9-7+. The molecule has 1 aromatic carbocycles. The number of nitrogens with zero attached hydrogens (tertiary/aromatic N) is 2. The number of carbonyl (C=O) groups excluding carboxylic acids is 2. The molecule has 1 amide bonds. The lowest BCUT2D eigenvalue weighted by Gasteiger charge is -2.30. The molecule has 146 valence electrons.